The zero-order valence-corrected chi connectivity index (χ0v) is 13.5. The number of likely N-dealkylation sites (N-methyl/N-ethyl adjacent to an activating group) is 1. The normalized spacial score (nSPS) is 11.5. The highest BCUT2D eigenvalue weighted by Gasteiger charge is 2.06. The molecule has 0 aromatic heterocycles. The van der Waals surface area contributed by atoms with E-state index in [0.717, 1.165) is 25.4 Å². The van der Waals surface area contributed by atoms with Crippen molar-refractivity contribution in [2.45, 2.75) is 26.4 Å². The van der Waals surface area contributed by atoms with E-state index in [1.54, 1.807) is 7.11 Å². The number of ether oxygens (including phenoxy) is 1. The molecule has 0 saturated heterocycles. The van der Waals surface area contributed by atoms with Crippen LogP contribution in [0.3, 0.4) is 0 Å². The molecule has 0 aliphatic rings. The Morgan fingerprint density at radius 2 is 1.81 bits per heavy atom. The number of nitrogens with one attached hydrogen (secondary N) is 1. The van der Waals surface area contributed by atoms with Crippen LogP contribution in [0.25, 0.3) is 10.8 Å². The summed E-state index contributed by atoms with van der Waals surface area (Å²) in [6.45, 7) is 7.38. The van der Waals surface area contributed by atoms with Gasteiger partial charge in [0, 0.05) is 31.1 Å². The Morgan fingerprint density at radius 3 is 2.48 bits per heavy atom. The van der Waals surface area contributed by atoms with E-state index in [1.165, 1.54) is 16.3 Å². The molecule has 0 unspecified atom stereocenters. The lowest BCUT2D eigenvalue weighted by Crippen LogP contribution is -2.33. The Kier molecular flexibility index (Phi) is 5.59. The molecule has 3 nitrogen and oxygen atoms in total. The van der Waals surface area contributed by atoms with Gasteiger partial charge >= 0.3 is 0 Å². The van der Waals surface area contributed by atoms with E-state index >= 15 is 0 Å². The van der Waals surface area contributed by atoms with E-state index in [-0.39, 0.29) is 0 Å². The van der Waals surface area contributed by atoms with Crippen molar-refractivity contribution in [3.8, 4) is 5.75 Å². The number of methoxy groups -OCH3 is 1. The van der Waals surface area contributed by atoms with Gasteiger partial charge in [-0.3, -0.25) is 0 Å². The molecule has 0 spiro atoms. The molecule has 0 fully saturated rings. The average molecular weight is 286 g/mol. The van der Waals surface area contributed by atoms with Crippen molar-refractivity contribution in [3.63, 3.8) is 0 Å². The summed E-state index contributed by atoms with van der Waals surface area (Å²) >= 11 is 0. The van der Waals surface area contributed by atoms with Gasteiger partial charge in [-0.1, -0.05) is 30.3 Å². The van der Waals surface area contributed by atoms with Gasteiger partial charge in [0.25, 0.3) is 0 Å². The first-order chi connectivity index (χ1) is 10.1. The van der Waals surface area contributed by atoms with Gasteiger partial charge in [0.05, 0.1) is 7.11 Å². The molecule has 21 heavy (non-hydrogen) atoms. The molecule has 2 aromatic carbocycles. The van der Waals surface area contributed by atoms with Crippen LogP contribution in [0.2, 0.25) is 0 Å². The smallest absolute Gasteiger partial charge is 0.126 e. The zero-order valence-electron chi connectivity index (χ0n) is 13.5. The molecule has 0 heterocycles. The Bertz CT molecular complexity index is 580. The first kappa shape index (κ1) is 15.8. The molecule has 114 valence electrons. The van der Waals surface area contributed by atoms with Gasteiger partial charge in [-0.2, -0.15) is 0 Å². The summed E-state index contributed by atoms with van der Waals surface area (Å²) in [6, 6.07) is 13.2. The van der Waals surface area contributed by atoms with Gasteiger partial charge in [0.15, 0.2) is 0 Å². The first-order valence-corrected chi connectivity index (χ1v) is 7.59. The second-order valence-electron chi connectivity index (χ2n) is 5.72. The molecule has 2 aromatic rings. The van der Waals surface area contributed by atoms with Crippen LogP contribution in [0.4, 0.5) is 0 Å². The summed E-state index contributed by atoms with van der Waals surface area (Å²) in [5.74, 6) is 0.939. The van der Waals surface area contributed by atoms with Crippen LogP contribution in [0, 0.1) is 0 Å². The number of hydrogen-bond acceptors (Lipinski definition) is 3. The fraction of sp³-hybridized carbons (Fsp3) is 0.444. The van der Waals surface area contributed by atoms with Crippen molar-refractivity contribution >= 4 is 10.8 Å². The molecular weight excluding hydrogens is 260 g/mol. The van der Waals surface area contributed by atoms with Crippen molar-refractivity contribution < 1.29 is 4.74 Å². The van der Waals surface area contributed by atoms with E-state index in [9.17, 15) is 0 Å². The van der Waals surface area contributed by atoms with Crippen molar-refractivity contribution in [1.29, 1.82) is 0 Å². The molecule has 0 aliphatic heterocycles. The quantitative estimate of drug-likeness (QED) is 0.791. The average Bonchev–Trinajstić information content (AvgIpc) is 2.51. The monoisotopic (exact) mass is 286 g/mol. The number of hydrogen-bond donors (Lipinski definition) is 1. The highest BCUT2D eigenvalue weighted by molar-refractivity contribution is 5.91. The molecule has 0 amide bonds. The molecule has 0 saturated carbocycles. The predicted octanol–water partition coefficient (Wildman–Crippen LogP) is 3.28. The Balaban J connectivity index is 2.03. The Hall–Kier alpha value is -1.58. The zero-order chi connectivity index (χ0) is 15.2. The van der Waals surface area contributed by atoms with Gasteiger partial charge in [-0.05, 0) is 37.9 Å². The van der Waals surface area contributed by atoms with Crippen LogP contribution in [0.5, 0.6) is 5.75 Å². The largest absolute Gasteiger partial charge is 0.496 e. The minimum atomic E-state index is 0.591. The van der Waals surface area contributed by atoms with Crippen molar-refractivity contribution in [2.75, 3.05) is 27.2 Å². The lowest BCUT2D eigenvalue weighted by Gasteiger charge is -2.21. The van der Waals surface area contributed by atoms with Crippen molar-refractivity contribution in [2.24, 2.45) is 0 Å². The number of fused-ring (bicyclic) bond motifs is 1. The lowest BCUT2D eigenvalue weighted by molar-refractivity contribution is 0.273. The van der Waals surface area contributed by atoms with Crippen LogP contribution in [0.15, 0.2) is 36.4 Å². The van der Waals surface area contributed by atoms with Gasteiger partial charge < -0.3 is 15.0 Å². The fourth-order valence-electron chi connectivity index (χ4n) is 2.40. The van der Waals surface area contributed by atoms with E-state index in [0.29, 0.717) is 6.04 Å². The Labute approximate surface area is 127 Å². The third kappa shape index (κ3) is 3.96. The minimum absolute atomic E-state index is 0.591. The summed E-state index contributed by atoms with van der Waals surface area (Å²) in [7, 11) is 3.89. The third-order valence-corrected chi connectivity index (χ3v) is 4.03. The van der Waals surface area contributed by atoms with Gasteiger partial charge in [-0.15, -0.1) is 0 Å². The minimum Gasteiger partial charge on any atom is -0.496 e. The number of benzene rings is 2. The molecule has 0 bridgehead atoms. The molecule has 0 radical (unpaired) electrons. The second-order valence-corrected chi connectivity index (χ2v) is 5.72. The van der Waals surface area contributed by atoms with Crippen LogP contribution >= 0.6 is 0 Å². The number of nitrogens with zero attached hydrogens (tertiary/aromatic N) is 1. The summed E-state index contributed by atoms with van der Waals surface area (Å²) in [5, 5.41) is 5.98. The summed E-state index contributed by atoms with van der Waals surface area (Å²) in [4.78, 5) is 2.35. The fourth-order valence-corrected chi connectivity index (χ4v) is 2.40. The molecule has 3 heteroatoms. The van der Waals surface area contributed by atoms with Crippen LogP contribution in [-0.4, -0.2) is 38.2 Å². The highest BCUT2D eigenvalue weighted by atomic mass is 16.5. The third-order valence-electron chi connectivity index (χ3n) is 4.03. The molecular formula is C18H26N2O. The highest BCUT2D eigenvalue weighted by Crippen LogP contribution is 2.28. The maximum Gasteiger partial charge on any atom is 0.126 e. The lowest BCUT2D eigenvalue weighted by atomic mass is 10.0. The topological polar surface area (TPSA) is 24.5 Å². The van der Waals surface area contributed by atoms with Crippen LogP contribution in [-0.2, 0) is 6.54 Å². The van der Waals surface area contributed by atoms with E-state index in [1.807, 2.05) is 0 Å². The number of rotatable bonds is 7. The van der Waals surface area contributed by atoms with Crippen LogP contribution in [0.1, 0.15) is 19.4 Å². The van der Waals surface area contributed by atoms with Crippen molar-refractivity contribution in [3.05, 3.63) is 42.0 Å². The van der Waals surface area contributed by atoms with Gasteiger partial charge in [-0.25, -0.2) is 0 Å². The molecule has 1 N–H and O–H groups in total. The Morgan fingerprint density at radius 1 is 1.10 bits per heavy atom. The molecule has 0 aliphatic carbocycles. The standard InChI is InChI=1S/C18H26N2O/c1-14(2)20(3)12-11-19-13-15-9-10-18(21-4)17-8-6-5-7-16(15)17/h5-10,14,19H,11-13H2,1-4H3. The van der Waals surface area contributed by atoms with Crippen LogP contribution < -0.4 is 10.1 Å². The maximum atomic E-state index is 5.44. The molecule has 0 atom stereocenters. The summed E-state index contributed by atoms with van der Waals surface area (Å²) in [5.41, 5.74) is 1.32. The first-order valence-electron chi connectivity index (χ1n) is 7.59. The van der Waals surface area contributed by atoms with E-state index in [4.69, 9.17) is 4.74 Å². The maximum absolute atomic E-state index is 5.44. The van der Waals surface area contributed by atoms with Gasteiger partial charge in [0.1, 0.15) is 5.75 Å². The van der Waals surface area contributed by atoms with Gasteiger partial charge in [0.2, 0.25) is 0 Å². The van der Waals surface area contributed by atoms with E-state index in [2.05, 4.69) is 67.5 Å². The van der Waals surface area contributed by atoms with E-state index < -0.39 is 0 Å². The summed E-state index contributed by atoms with van der Waals surface area (Å²) < 4.78 is 5.44. The predicted molar refractivity (Wildman–Crippen MR) is 90.0 cm³/mol. The SMILES string of the molecule is COc1ccc(CNCCN(C)C(C)C)c2ccccc12. The van der Waals surface area contributed by atoms with Crippen molar-refractivity contribution in [1.82, 2.24) is 10.2 Å². The molecule has 2 rings (SSSR count). The second kappa shape index (κ2) is 7.43. The summed E-state index contributed by atoms with van der Waals surface area (Å²) in [6.07, 6.45) is 0.